The first-order valence-electron chi connectivity index (χ1n) is 18.1. The van der Waals surface area contributed by atoms with E-state index < -0.39 is 35.4 Å². The molecule has 1 saturated heterocycles. The number of nitrogens with zero attached hydrogens (tertiary/aromatic N) is 1. The maximum absolute atomic E-state index is 13.2. The Morgan fingerprint density at radius 2 is 1.64 bits per heavy atom. The number of piperidine rings is 1. The summed E-state index contributed by atoms with van der Waals surface area (Å²) in [6.07, 6.45) is 0.979. The number of nitrogens with two attached hydrogens (primary N) is 1. The van der Waals surface area contributed by atoms with Gasteiger partial charge >= 0.3 is 5.97 Å². The van der Waals surface area contributed by atoms with Crippen LogP contribution in [0.2, 0.25) is 0 Å². The summed E-state index contributed by atoms with van der Waals surface area (Å²) < 4.78 is 6.01. The molecule has 0 bridgehead atoms. The van der Waals surface area contributed by atoms with Crippen LogP contribution < -0.4 is 21.3 Å². The molecule has 6 rings (SSSR count). The number of amides is 1. The summed E-state index contributed by atoms with van der Waals surface area (Å²) in [4.78, 5) is 54.4. The fourth-order valence-corrected chi connectivity index (χ4v) is 6.89. The minimum absolute atomic E-state index is 0.0754. The molecule has 0 saturated carbocycles. The summed E-state index contributed by atoms with van der Waals surface area (Å²) in [6, 6.07) is 26.1. The van der Waals surface area contributed by atoms with Crippen LogP contribution in [0.3, 0.4) is 0 Å². The molecule has 3 atom stereocenters. The van der Waals surface area contributed by atoms with E-state index in [2.05, 4.69) is 10.3 Å². The molecule has 1 aromatic heterocycles. The Morgan fingerprint density at radius 1 is 0.927 bits per heavy atom. The van der Waals surface area contributed by atoms with Crippen LogP contribution in [-0.4, -0.2) is 86.8 Å². The largest absolute Gasteiger partial charge is 0.506 e. The van der Waals surface area contributed by atoms with Gasteiger partial charge in [0.15, 0.2) is 5.78 Å². The summed E-state index contributed by atoms with van der Waals surface area (Å²) >= 11 is 0. The molecule has 0 radical (unpaired) electrons. The molecule has 8 N–H and O–H groups in total. The average Bonchev–Trinajstić information content (AvgIpc) is 3.21. The Hall–Kier alpha value is -5.86. The summed E-state index contributed by atoms with van der Waals surface area (Å²) in [6.45, 7) is 1.91. The molecule has 55 heavy (non-hydrogen) atoms. The standard InChI is InChI=1S/C42H44N4O9/c43-37(39(50)28-11-9-26(10-12-28)17-20-44-24-35(48)32-13-15-34(47)38-33(32)14-16-36(49)45-38)40(51)46-21-18-27(19-22-46)25-55-31-8-4-7-30(23-31)42(54,41(52)53)29-5-2-1-3-6-29/h1-16,23,27,35,37,44,47-48,54H,17-22,24-25,43H2,(H,45,49)(H,52,53). The number of fused-ring (bicyclic) bond motifs is 1. The van der Waals surface area contributed by atoms with E-state index in [1.54, 1.807) is 89.8 Å². The van der Waals surface area contributed by atoms with Crippen molar-refractivity contribution in [1.29, 1.82) is 0 Å². The molecule has 1 fully saturated rings. The van der Waals surface area contributed by atoms with Crippen LogP contribution in [0.5, 0.6) is 11.5 Å². The third-order valence-corrected chi connectivity index (χ3v) is 10.1. The van der Waals surface area contributed by atoms with Crippen LogP contribution >= 0.6 is 0 Å². The number of hydrogen-bond acceptors (Lipinski definition) is 10. The Balaban J connectivity index is 0.944. The van der Waals surface area contributed by atoms with Crippen molar-refractivity contribution in [2.45, 2.75) is 37.0 Å². The van der Waals surface area contributed by atoms with Gasteiger partial charge in [0.2, 0.25) is 17.1 Å². The number of hydrogen-bond donors (Lipinski definition) is 7. The number of benzene rings is 4. The van der Waals surface area contributed by atoms with Crippen LogP contribution in [-0.2, 0) is 21.6 Å². The minimum Gasteiger partial charge on any atom is -0.506 e. The molecule has 4 aromatic carbocycles. The summed E-state index contributed by atoms with van der Waals surface area (Å²) in [7, 11) is 0. The number of carbonyl (C=O) groups is 3. The topological polar surface area (TPSA) is 216 Å². The van der Waals surface area contributed by atoms with Crippen LogP contribution in [0.25, 0.3) is 10.9 Å². The number of carboxylic acids is 1. The van der Waals surface area contributed by atoms with E-state index >= 15 is 0 Å². The highest BCUT2D eigenvalue weighted by molar-refractivity contribution is 6.13. The third kappa shape index (κ3) is 8.76. The Morgan fingerprint density at radius 3 is 2.35 bits per heavy atom. The third-order valence-electron chi connectivity index (χ3n) is 10.1. The fourth-order valence-electron chi connectivity index (χ4n) is 6.89. The quantitative estimate of drug-likeness (QED) is 0.0469. The van der Waals surface area contributed by atoms with Gasteiger partial charge in [-0.2, -0.15) is 0 Å². The lowest BCUT2D eigenvalue weighted by Gasteiger charge is -2.33. The molecule has 0 spiro atoms. The number of carbonyl (C=O) groups excluding carboxylic acids is 2. The number of likely N-dealkylation sites (tertiary alicyclic amines) is 1. The number of aromatic hydroxyl groups is 1. The molecule has 286 valence electrons. The number of aromatic amines is 1. The Bertz CT molecular complexity index is 2200. The number of aromatic nitrogens is 1. The Kier molecular flexibility index (Phi) is 12.1. The first kappa shape index (κ1) is 38.9. The van der Waals surface area contributed by atoms with Crippen molar-refractivity contribution in [3.8, 4) is 11.5 Å². The van der Waals surface area contributed by atoms with Gasteiger partial charge in [0.05, 0.1) is 18.2 Å². The highest BCUT2D eigenvalue weighted by Crippen LogP contribution is 2.33. The van der Waals surface area contributed by atoms with Gasteiger partial charge < -0.3 is 46.1 Å². The number of phenolic OH excluding ortho intramolecular Hbond substituents is 1. The van der Waals surface area contributed by atoms with Gasteiger partial charge in [-0.3, -0.25) is 14.4 Å². The summed E-state index contributed by atoms with van der Waals surface area (Å²) in [5.41, 5.74) is 6.09. The summed E-state index contributed by atoms with van der Waals surface area (Å²) in [5, 5.41) is 45.7. The predicted molar refractivity (Wildman–Crippen MR) is 205 cm³/mol. The molecule has 2 heterocycles. The van der Waals surface area contributed by atoms with Gasteiger partial charge in [0.25, 0.3) is 0 Å². The molecule has 1 amide bonds. The van der Waals surface area contributed by atoms with Gasteiger partial charge in [-0.15, -0.1) is 0 Å². The zero-order valence-electron chi connectivity index (χ0n) is 30.1. The highest BCUT2D eigenvalue weighted by atomic mass is 16.5. The number of ether oxygens (including phenoxy) is 1. The molecular formula is C42H44N4O9. The van der Waals surface area contributed by atoms with Gasteiger partial charge in [0, 0.05) is 42.2 Å². The number of aliphatic carboxylic acids is 1. The fraction of sp³-hybridized carbons (Fsp3) is 0.286. The monoisotopic (exact) mass is 748 g/mol. The molecular weight excluding hydrogens is 704 g/mol. The number of ketones is 1. The number of Topliss-reactive ketones (excluding diaryl/α,β-unsaturated/α-hetero) is 1. The molecule has 1 aliphatic heterocycles. The van der Waals surface area contributed by atoms with Gasteiger partial charge in [0.1, 0.15) is 17.5 Å². The van der Waals surface area contributed by atoms with Crippen LogP contribution in [0.1, 0.15) is 51.6 Å². The minimum atomic E-state index is -2.24. The number of rotatable bonds is 15. The lowest BCUT2D eigenvalue weighted by molar-refractivity contribution is -0.155. The molecule has 13 heteroatoms. The van der Waals surface area contributed by atoms with Crippen molar-refractivity contribution < 1.29 is 39.5 Å². The number of H-pyrrole nitrogens is 1. The van der Waals surface area contributed by atoms with Crippen molar-refractivity contribution in [3.05, 3.63) is 141 Å². The molecule has 1 aliphatic rings. The van der Waals surface area contributed by atoms with Gasteiger partial charge in [-0.25, -0.2) is 4.79 Å². The van der Waals surface area contributed by atoms with Crippen molar-refractivity contribution in [2.75, 3.05) is 32.8 Å². The predicted octanol–water partition coefficient (Wildman–Crippen LogP) is 3.25. The van der Waals surface area contributed by atoms with Crippen molar-refractivity contribution in [2.24, 2.45) is 11.7 Å². The van der Waals surface area contributed by atoms with Gasteiger partial charge in [-0.05, 0) is 72.7 Å². The molecule has 13 nitrogen and oxygen atoms in total. The van der Waals surface area contributed by atoms with Gasteiger partial charge in [-0.1, -0.05) is 72.8 Å². The second-order valence-electron chi connectivity index (χ2n) is 13.8. The lowest BCUT2D eigenvalue weighted by atomic mass is 9.86. The number of aliphatic hydroxyl groups excluding tert-OH is 1. The lowest BCUT2D eigenvalue weighted by Crippen LogP contribution is -2.51. The number of nitrogens with one attached hydrogen (secondary N) is 2. The normalized spacial score (nSPS) is 15.6. The van der Waals surface area contributed by atoms with Crippen LogP contribution in [0, 0.1) is 5.92 Å². The van der Waals surface area contributed by atoms with E-state index in [-0.39, 0.29) is 40.4 Å². The smallest absolute Gasteiger partial charge is 0.345 e. The van der Waals surface area contributed by atoms with E-state index in [1.165, 1.54) is 18.2 Å². The Labute approximate surface area is 317 Å². The van der Waals surface area contributed by atoms with E-state index in [4.69, 9.17) is 10.5 Å². The second kappa shape index (κ2) is 17.1. The van der Waals surface area contributed by atoms with Crippen LogP contribution in [0.15, 0.2) is 108 Å². The average molecular weight is 749 g/mol. The second-order valence-corrected chi connectivity index (χ2v) is 13.8. The van der Waals surface area contributed by atoms with E-state index in [9.17, 15) is 39.6 Å². The number of aliphatic hydroxyl groups is 2. The van der Waals surface area contributed by atoms with E-state index in [0.717, 1.165) is 5.56 Å². The first-order valence-corrected chi connectivity index (χ1v) is 18.1. The SMILES string of the molecule is NC(C(=O)c1ccc(CCNCC(O)c2ccc(O)c3[nH]c(=O)ccc23)cc1)C(=O)N1CCC(COc2cccc(C(O)(C(=O)O)c3ccccc3)c2)CC1. The number of carboxylic acid groups (broad SMARTS) is 1. The van der Waals surface area contributed by atoms with E-state index in [0.29, 0.717) is 67.8 Å². The maximum Gasteiger partial charge on any atom is 0.345 e. The molecule has 3 unspecified atom stereocenters. The highest BCUT2D eigenvalue weighted by Gasteiger charge is 2.40. The summed E-state index contributed by atoms with van der Waals surface area (Å²) in [5.74, 6) is -1.86. The molecule has 5 aromatic rings. The number of pyridine rings is 1. The molecule has 0 aliphatic carbocycles. The number of phenols is 1. The van der Waals surface area contributed by atoms with Crippen molar-refractivity contribution in [3.63, 3.8) is 0 Å². The van der Waals surface area contributed by atoms with E-state index in [1.807, 2.05) is 0 Å². The zero-order chi connectivity index (χ0) is 39.1. The zero-order valence-corrected chi connectivity index (χ0v) is 30.1. The van der Waals surface area contributed by atoms with Crippen molar-refractivity contribution >= 4 is 28.6 Å². The van der Waals surface area contributed by atoms with Crippen LogP contribution in [0.4, 0.5) is 0 Å². The maximum atomic E-state index is 13.2. The van der Waals surface area contributed by atoms with Crippen molar-refractivity contribution in [1.82, 2.24) is 15.2 Å². The first-order chi connectivity index (χ1) is 26.4.